The highest BCUT2D eigenvalue weighted by Crippen LogP contribution is 2.38. The van der Waals surface area contributed by atoms with E-state index in [1.54, 1.807) is 18.2 Å². The topological polar surface area (TPSA) is 44.7 Å². The molecule has 2 N–H and O–H groups in total. The molecule has 0 spiro atoms. The third-order valence-corrected chi connectivity index (χ3v) is 5.80. The first-order valence-corrected chi connectivity index (χ1v) is 9.12. The van der Waals surface area contributed by atoms with Gasteiger partial charge in [0.1, 0.15) is 5.82 Å². The smallest absolute Gasteiger partial charge is 0.129 e. The molecule has 0 aromatic heterocycles. The molecule has 134 valence electrons. The maximum absolute atomic E-state index is 13.8. The number of rotatable bonds is 6. The Labute approximate surface area is 144 Å². The summed E-state index contributed by atoms with van der Waals surface area (Å²) in [6.07, 6.45) is 4.03. The Balaban J connectivity index is 1.63. The van der Waals surface area contributed by atoms with Gasteiger partial charge in [-0.25, -0.2) is 4.39 Å². The van der Waals surface area contributed by atoms with E-state index in [1.165, 1.54) is 31.7 Å². The highest BCUT2D eigenvalue weighted by molar-refractivity contribution is 5.20. The summed E-state index contributed by atoms with van der Waals surface area (Å²) < 4.78 is 19.3. The summed E-state index contributed by atoms with van der Waals surface area (Å²) in [4.78, 5) is 2.57. The second kappa shape index (κ2) is 7.91. The van der Waals surface area contributed by atoms with Crippen LogP contribution < -0.4 is 5.32 Å². The van der Waals surface area contributed by atoms with Gasteiger partial charge in [0.15, 0.2) is 0 Å². The van der Waals surface area contributed by atoms with Crippen LogP contribution in [-0.2, 0) is 4.74 Å². The van der Waals surface area contributed by atoms with Gasteiger partial charge in [-0.15, -0.1) is 0 Å². The Hall–Kier alpha value is -1.01. The van der Waals surface area contributed by atoms with Gasteiger partial charge in [0.2, 0.25) is 0 Å². The molecular formula is C19H29FN2O2. The van der Waals surface area contributed by atoms with E-state index in [0.717, 1.165) is 26.3 Å². The summed E-state index contributed by atoms with van der Waals surface area (Å²) in [7, 11) is 0. The second-order valence-corrected chi connectivity index (χ2v) is 7.08. The Morgan fingerprint density at radius 3 is 2.58 bits per heavy atom. The van der Waals surface area contributed by atoms with Crippen LogP contribution in [0.15, 0.2) is 24.3 Å². The highest BCUT2D eigenvalue weighted by Gasteiger charge is 2.44. The van der Waals surface area contributed by atoms with E-state index in [2.05, 4.69) is 17.1 Å². The van der Waals surface area contributed by atoms with Crippen molar-refractivity contribution < 1.29 is 14.2 Å². The SMILES string of the molecule is C[C@@H](NC[C@@H](O)c1ccccc1F)C1(N2CCOCC2)CCCC1. The van der Waals surface area contributed by atoms with Crippen LogP contribution >= 0.6 is 0 Å². The van der Waals surface area contributed by atoms with Crippen LogP contribution in [0, 0.1) is 5.82 Å². The fourth-order valence-electron chi connectivity index (χ4n) is 4.35. The molecule has 24 heavy (non-hydrogen) atoms. The van der Waals surface area contributed by atoms with Crippen LogP contribution in [0.4, 0.5) is 4.39 Å². The minimum absolute atomic E-state index is 0.138. The van der Waals surface area contributed by atoms with Crippen molar-refractivity contribution in [1.82, 2.24) is 10.2 Å². The zero-order valence-corrected chi connectivity index (χ0v) is 14.5. The number of aliphatic hydroxyl groups is 1. The predicted molar refractivity (Wildman–Crippen MR) is 92.4 cm³/mol. The summed E-state index contributed by atoms with van der Waals surface area (Å²) in [5, 5.41) is 13.8. The molecule has 0 unspecified atom stereocenters. The van der Waals surface area contributed by atoms with Crippen LogP contribution in [0.3, 0.4) is 0 Å². The van der Waals surface area contributed by atoms with Gasteiger partial charge in [-0.2, -0.15) is 0 Å². The van der Waals surface area contributed by atoms with Gasteiger partial charge in [0, 0.05) is 36.8 Å². The molecule has 1 saturated carbocycles. The third kappa shape index (κ3) is 3.64. The molecule has 0 amide bonds. The molecule has 5 heteroatoms. The summed E-state index contributed by atoms with van der Waals surface area (Å²) in [6, 6.07) is 6.71. The molecule has 1 aromatic carbocycles. The van der Waals surface area contributed by atoms with Gasteiger partial charge in [-0.3, -0.25) is 4.90 Å². The number of nitrogens with one attached hydrogen (secondary N) is 1. The van der Waals surface area contributed by atoms with Crippen LogP contribution in [0.2, 0.25) is 0 Å². The zero-order chi connectivity index (χ0) is 17.0. The predicted octanol–water partition coefficient (Wildman–Crippen LogP) is 2.48. The van der Waals surface area contributed by atoms with E-state index in [4.69, 9.17) is 4.74 Å². The number of ether oxygens (including phenoxy) is 1. The summed E-state index contributed by atoms with van der Waals surface area (Å²) >= 11 is 0. The average Bonchev–Trinajstić information content (AvgIpc) is 3.11. The molecule has 1 saturated heterocycles. The standard InChI is InChI=1S/C19H29FN2O2/c1-15(21-14-18(23)16-6-2-3-7-17(16)20)19(8-4-5-9-19)22-10-12-24-13-11-22/h2-3,6-7,15,18,21,23H,4-5,8-14H2,1H3/t15-,18-/m1/s1. The normalized spacial score (nSPS) is 24.0. The molecule has 1 aromatic rings. The largest absolute Gasteiger partial charge is 0.387 e. The molecule has 4 nitrogen and oxygen atoms in total. The number of morpholine rings is 1. The molecule has 1 aliphatic heterocycles. The fourth-order valence-corrected chi connectivity index (χ4v) is 4.35. The first-order valence-electron chi connectivity index (χ1n) is 9.12. The van der Waals surface area contributed by atoms with E-state index in [1.807, 2.05) is 0 Å². The van der Waals surface area contributed by atoms with E-state index in [9.17, 15) is 9.50 Å². The van der Waals surface area contributed by atoms with Gasteiger partial charge in [0.25, 0.3) is 0 Å². The first kappa shape index (κ1) is 17.8. The maximum Gasteiger partial charge on any atom is 0.129 e. The lowest BCUT2D eigenvalue weighted by atomic mass is 9.86. The highest BCUT2D eigenvalue weighted by atomic mass is 19.1. The minimum Gasteiger partial charge on any atom is -0.387 e. The molecule has 0 radical (unpaired) electrons. The monoisotopic (exact) mass is 336 g/mol. The Kier molecular flexibility index (Phi) is 5.87. The van der Waals surface area contributed by atoms with Gasteiger partial charge < -0.3 is 15.2 Å². The van der Waals surface area contributed by atoms with Crippen LogP contribution in [0.5, 0.6) is 0 Å². The fraction of sp³-hybridized carbons (Fsp3) is 0.684. The lowest BCUT2D eigenvalue weighted by molar-refractivity contribution is -0.0345. The number of nitrogens with zero attached hydrogens (tertiary/aromatic N) is 1. The number of hydrogen-bond acceptors (Lipinski definition) is 4. The maximum atomic E-state index is 13.8. The molecule has 2 fully saturated rings. The molecule has 0 bridgehead atoms. The molecule has 3 rings (SSSR count). The zero-order valence-electron chi connectivity index (χ0n) is 14.5. The summed E-state index contributed by atoms with van der Waals surface area (Å²) in [5.41, 5.74) is 0.502. The van der Waals surface area contributed by atoms with E-state index >= 15 is 0 Å². The average molecular weight is 336 g/mol. The van der Waals surface area contributed by atoms with Gasteiger partial charge in [-0.05, 0) is 25.8 Å². The van der Waals surface area contributed by atoms with Gasteiger partial charge in [-0.1, -0.05) is 31.0 Å². The van der Waals surface area contributed by atoms with Crippen molar-refractivity contribution in [2.45, 2.75) is 50.3 Å². The number of aliphatic hydroxyl groups excluding tert-OH is 1. The molecule has 2 aliphatic rings. The quantitative estimate of drug-likeness (QED) is 0.838. The summed E-state index contributed by atoms with van der Waals surface area (Å²) in [5.74, 6) is -0.344. The van der Waals surface area contributed by atoms with Gasteiger partial charge in [0.05, 0.1) is 19.3 Å². The van der Waals surface area contributed by atoms with E-state index in [0.29, 0.717) is 12.1 Å². The van der Waals surface area contributed by atoms with Crippen LogP contribution in [-0.4, -0.2) is 54.4 Å². The first-order chi connectivity index (χ1) is 11.6. The van der Waals surface area contributed by atoms with Crippen molar-refractivity contribution in [2.24, 2.45) is 0 Å². The van der Waals surface area contributed by atoms with Crippen molar-refractivity contribution in [3.63, 3.8) is 0 Å². The molecule has 1 aliphatic carbocycles. The third-order valence-electron chi connectivity index (χ3n) is 5.80. The Morgan fingerprint density at radius 1 is 1.25 bits per heavy atom. The van der Waals surface area contributed by atoms with Crippen molar-refractivity contribution in [1.29, 1.82) is 0 Å². The number of benzene rings is 1. The molecular weight excluding hydrogens is 307 g/mol. The Morgan fingerprint density at radius 2 is 1.92 bits per heavy atom. The second-order valence-electron chi connectivity index (χ2n) is 7.08. The minimum atomic E-state index is -0.822. The van der Waals surface area contributed by atoms with Gasteiger partial charge >= 0.3 is 0 Å². The van der Waals surface area contributed by atoms with Crippen molar-refractivity contribution >= 4 is 0 Å². The lowest BCUT2D eigenvalue weighted by Gasteiger charge is -2.47. The van der Waals surface area contributed by atoms with Crippen LogP contribution in [0.25, 0.3) is 0 Å². The lowest BCUT2D eigenvalue weighted by Crippen LogP contribution is -2.61. The number of hydrogen-bond donors (Lipinski definition) is 2. The van der Waals surface area contributed by atoms with Crippen molar-refractivity contribution in [2.75, 3.05) is 32.8 Å². The van der Waals surface area contributed by atoms with E-state index < -0.39 is 6.10 Å². The van der Waals surface area contributed by atoms with Crippen molar-refractivity contribution in [3.8, 4) is 0 Å². The van der Waals surface area contributed by atoms with Crippen LogP contribution in [0.1, 0.15) is 44.3 Å². The molecule has 1 heterocycles. The Bertz CT molecular complexity index is 528. The summed E-state index contributed by atoms with van der Waals surface area (Å²) in [6.45, 7) is 6.12. The number of halogens is 1. The molecule has 2 atom stereocenters. The van der Waals surface area contributed by atoms with Crippen molar-refractivity contribution in [3.05, 3.63) is 35.6 Å². The van der Waals surface area contributed by atoms with E-state index in [-0.39, 0.29) is 17.4 Å².